The number of aliphatic hydroxyl groups is 1. The van der Waals surface area contributed by atoms with Gasteiger partial charge < -0.3 is 15.2 Å². The summed E-state index contributed by atoms with van der Waals surface area (Å²) in [4.78, 5) is 2.44. The predicted octanol–water partition coefficient (Wildman–Crippen LogP) is 1.23. The Balaban J connectivity index is 2.37. The van der Waals surface area contributed by atoms with Crippen LogP contribution in [0.4, 0.5) is 0 Å². The van der Waals surface area contributed by atoms with Gasteiger partial charge in [-0.05, 0) is 33.7 Å². The van der Waals surface area contributed by atoms with E-state index in [1.54, 1.807) is 0 Å². The molecule has 2 unspecified atom stereocenters. The zero-order chi connectivity index (χ0) is 13.8. The zero-order valence-corrected chi connectivity index (χ0v) is 12.6. The molecule has 0 radical (unpaired) electrons. The van der Waals surface area contributed by atoms with E-state index in [0.29, 0.717) is 12.1 Å². The second kappa shape index (κ2) is 6.85. The van der Waals surface area contributed by atoms with E-state index >= 15 is 0 Å². The molecule has 108 valence electrons. The lowest BCUT2D eigenvalue weighted by atomic mass is 10.0. The Morgan fingerprint density at radius 2 is 2.11 bits per heavy atom. The number of hydrogen-bond acceptors (Lipinski definition) is 4. The van der Waals surface area contributed by atoms with Crippen molar-refractivity contribution in [2.24, 2.45) is 0 Å². The predicted molar refractivity (Wildman–Crippen MR) is 74.8 cm³/mol. The fraction of sp³-hybridized carbons (Fsp3) is 1.00. The highest BCUT2D eigenvalue weighted by atomic mass is 16.5. The molecule has 1 aliphatic rings. The molecule has 1 rings (SSSR count). The van der Waals surface area contributed by atoms with Crippen LogP contribution in [0.15, 0.2) is 0 Å². The van der Waals surface area contributed by atoms with Crippen molar-refractivity contribution in [1.29, 1.82) is 0 Å². The maximum absolute atomic E-state index is 9.35. The monoisotopic (exact) mass is 258 g/mol. The molecule has 2 N–H and O–H groups in total. The van der Waals surface area contributed by atoms with E-state index in [0.717, 1.165) is 26.1 Å². The second-order valence-electron chi connectivity index (χ2n) is 6.41. The Bertz CT molecular complexity index is 244. The number of nitrogens with zero attached hydrogens (tertiary/aromatic N) is 1. The topological polar surface area (TPSA) is 44.7 Å². The van der Waals surface area contributed by atoms with Gasteiger partial charge in [-0.3, -0.25) is 4.90 Å². The highest BCUT2D eigenvalue weighted by Gasteiger charge is 2.31. The molecule has 4 heteroatoms. The fourth-order valence-corrected chi connectivity index (χ4v) is 2.79. The van der Waals surface area contributed by atoms with Crippen LogP contribution in [0.2, 0.25) is 0 Å². The number of aliphatic hydroxyl groups excluding tert-OH is 1. The van der Waals surface area contributed by atoms with E-state index < -0.39 is 0 Å². The molecule has 1 heterocycles. The van der Waals surface area contributed by atoms with Gasteiger partial charge in [-0.1, -0.05) is 13.8 Å². The van der Waals surface area contributed by atoms with Crippen molar-refractivity contribution in [2.45, 2.75) is 64.8 Å². The molecule has 1 saturated heterocycles. The average Bonchev–Trinajstić information content (AvgIpc) is 2.20. The summed E-state index contributed by atoms with van der Waals surface area (Å²) in [7, 11) is 0. The number of hydrogen-bond donors (Lipinski definition) is 2. The van der Waals surface area contributed by atoms with E-state index in [1.165, 1.54) is 0 Å². The zero-order valence-electron chi connectivity index (χ0n) is 12.6. The summed E-state index contributed by atoms with van der Waals surface area (Å²) in [5.41, 5.74) is -0.0577. The lowest BCUT2D eigenvalue weighted by molar-refractivity contribution is -0.129. The van der Waals surface area contributed by atoms with Crippen LogP contribution in [0.1, 0.15) is 41.0 Å². The number of nitrogens with one attached hydrogen (secondary N) is 1. The van der Waals surface area contributed by atoms with Gasteiger partial charge in [0, 0.05) is 25.2 Å². The number of ether oxygens (including phenoxy) is 1. The molecule has 0 aliphatic carbocycles. The van der Waals surface area contributed by atoms with Gasteiger partial charge in [-0.2, -0.15) is 0 Å². The summed E-state index contributed by atoms with van der Waals surface area (Å²) in [5.74, 6) is 0. The summed E-state index contributed by atoms with van der Waals surface area (Å²) < 4.78 is 5.89. The van der Waals surface area contributed by atoms with Crippen LogP contribution in [0, 0.1) is 0 Å². The standard InChI is InChI=1S/C14H30N2O2/c1-11(2)15-13(9-17)6-7-16-8-12(3)18-14(4,5)10-16/h11-13,15,17H,6-10H2,1-5H3. The Morgan fingerprint density at radius 3 is 2.61 bits per heavy atom. The highest BCUT2D eigenvalue weighted by molar-refractivity contribution is 4.83. The molecule has 0 saturated carbocycles. The first-order chi connectivity index (χ1) is 8.32. The molecule has 1 aliphatic heterocycles. The molecule has 0 amide bonds. The van der Waals surface area contributed by atoms with E-state index in [4.69, 9.17) is 4.74 Å². The van der Waals surface area contributed by atoms with Gasteiger partial charge in [0.05, 0.1) is 18.3 Å². The van der Waals surface area contributed by atoms with Crippen LogP contribution in [0.3, 0.4) is 0 Å². The van der Waals surface area contributed by atoms with Crippen LogP contribution in [-0.2, 0) is 4.74 Å². The minimum absolute atomic E-state index is 0.0577. The molecular formula is C14H30N2O2. The van der Waals surface area contributed by atoms with Crippen molar-refractivity contribution in [2.75, 3.05) is 26.2 Å². The first-order valence-electron chi connectivity index (χ1n) is 7.09. The number of rotatable bonds is 6. The molecule has 0 aromatic heterocycles. The van der Waals surface area contributed by atoms with Crippen molar-refractivity contribution in [3.05, 3.63) is 0 Å². The average molecular weight is 258 g/mol. The summed E-state index contributed by atoms with van der Waals surface area (Å²) in [6, 6.07) is 0.619. The molecule has 0 aromatic rings. The van der Waals surface area contributed by atoms with Crippen LogP contribution in [0.25, 0.3) is 0 Å². The molecular weight excluding hydrogens is 228 g/mol. The molecule has 0 bridgehead atoms. The first-order valence-corrected chi connectivity index (χ1v) is 7.09. The summed E-state index contributed by atoms with van der Waals surface area (Å²) in [5, 5.41) is 12.7. The SMILES string of the molecule is CC(C)NC(CO)CCN1CC(C)OC(C)(C)C1. The smallest absolute Gasteiger partial charge is 0.0757 e. The lowest BCUT2D eigenvalue weighted by Gasteiger charge is -2.42. The van der Waals surface area contributed by atoms with Gasteiger partial charge in [0.1, 0.15) is 0 Å². The van der Waals surface area contributed by atoms with Crippen molar-refractivity contribution in [3.63, 3.8) is 0 Å². The van der Waals surface area contributed by atoms with Crippen LogP contribution >= 0.6 is 0 Å². The van der Waals surface area contributed by atoms with Crippen molar-refractivity contribution in [3.8, 4) is 0 Å². The normalized spacial score (nSPS) is 26.5. The van der Waals surface area contributed by atoms with E-state index in [2.05, 4.69) is 44.8 Å². The molecule has 1 fully saturated rings. The minimum Gasteiger partial charge on any atom is -0.395 e. The summed E-state index contributed by atoms with van der Waals surface area (Å²) in [6.45, 7) is 13.8. The Morgan fingerprint density at radius 1 is 1.44 bits per heavy atom. The van der Waals surface area contributed by atoms with Gasteiger partial charge in [0.25, 0.3) is 0 Å². The Labute approximate surface area is 112 Å². The molecule has 4 nitrogen and oxygen atoms in total. The third-order valence-corrected chi connectivity index (χ3v) is 3.22. The van der Waals surface area contributed by atoms with Crippen LogP contribution in [-0.4, -0.2) is 60.0 Å². The van der Waals surface area contributed by atoms with Gasteiger partial charge in [0.15, 0.2) is 0 Å². The number of morpholine rings is 1. The van der Waals surface area contributed by atoms with E-state index in [1.807, 2.05) is 0 Å². The Kier molecular flexibility index (Phi) is 6.05. The molecule has 18 heavy (non-hydrogen) atoms. The van der Waals surface area contributed by atoms with Crippen LogP contribution in [0.5, 0.6) is 0 Å². The third kappa shape index (κ3) is 5.65. The van der Waals surface area contributed by atoms with Gasteiger partial charge in [-0.15, -0.1) is 0 Å². The van der Waals surface area contributed by atoms with Crippen molar-refractivity contribution in [1.82, 2.24) is 10.2 Å². The molecule has 0 aromatic carbocycles. The maximum Gasteiger partial charge on any atom is 0.0757 e. The highest BCUT2D eigenvalue weighted by Crippen LogP contribution is 2.20. The van der Waals surface area contributed by atoms with Crippen molar-refractivity contribution < 1.29 is 9.84 Å². The molecule has 2 atom stereocenters. The fourth-order valence-electron chi connectivity index (χ4n) is 2.79. The van der Waals surface area contributed by atoms with Gasteiger partial charge in [0.2, 0.25) is 0 Å². The maximum atomic E-state index is 9.35. The van der Waals surface area contributed by atoms with Crippen molar-refractivity contribution >= 4 is 0 Å². The quantitative estimate of drug-likeness (QED) is 0.752. The second-order valence-corrected chi connectivity index (χ2v) is 6.41. The van der Waals surface area contributed by atoms with E-state index in [9.17, 15) is 5.11 Å². The van der Waals surface area contributed by atoms with Crippen LogP contribution < -0.4 is 5.32 Å². The van der Waals surface area contributed by atoms with E-state index in [-0.39, 0.29) is 18.2 Å². The first kappa shape index (κ1) is 15.9. The summed E-state index contributed by atoms with van der Waals surface area (Å²) >= 11 is 0. The van der Waals surface area contributed by atoms with Gasteiger partial charge >= 0.3 is 0 Å². The largest absolute Gasteiger partial charge is 0.395 e. The summed E-state index contributed by atoms with van der Waals surface area (Å²) in [6.07, 6.45) is 1.27. The minimum atomic E-state index is -0.0577. The third-order valence-electron chi connectivity index (χ3n) is 3.22. The Hall–Kier alpha value is -0.160. The lowest BCUT2D eigenvalue weighted by Crippen LogP contribution is -2.52. The molecule has 0 spiro atoms. The van der Waals surface area contributed by atoms with Gasteiger partial charge in [-0.25, -0.2) is 0 Å².